The SMILES string of the molecule is CN1CCc2cc(-c3ccc4nccc(C(N)=O)c4c3)ccc2C1=O. The molecule has 1 aliphatic rings. The summed E-state index contributed by atoms with van der Waals surface area (Å²) in [4.78, 5) is 29.9. The van der Waals surface area contributed by atoms with E-state index in [1.165, 1.54) is 0 Å². The lowest BCUT2D eigenvalue weighted by atomic mass is 9.93. The summed E-state index contributed by atoms with van der Waals surface area (Å²) in [5.41, 5.74) is 10.5. The molecule has 0 unspecified atom stereocenters. The van der Waals surface area contributed by atoms with Crippen LogP contribution < -0.4 is 5.73 Å². The zero-order valence-corrected chi connectivity index (χ0v) is 13.8. The minimum atomic E-state index is -0.469. The van der Waals surface area contributed by atoms with Gasteiger partial charge < -0.3 is 10.6 Å². The molecule has 5 heteroatoms. The van der Waals surface area contributed by atoms with Crippen LogP contribution in [0.15, 0.2) is 48.7 Å². The van der Waals surface area contributed by atoms with E-state index in [9.17, 15) is 9.59 Å². The summed E-state index contributed by atoms with van der Waals surface area (Å²) < 4.78 is 0. The predicted octanol–water partition coefficient (Wildman–Crippen LogP) is 2.63. The highest BCUT2D eigenvalue weighted by Crippen LogP contribution is 2.29. The number of primary amides is 1. The first-order valence-electron chi connectivity index (χ1n) is 8.12. The second-order valence-corrected chi connectivity index (χ2v) is 6.30. The highest BCUT2D eigenvalue weighted by atomic mass is 16.2. The van der Waals surface area contributed by atoms with Gasteiger partial charge in [-0.25, -0.2) is 0 Å². The van der Waals surface area contributed by atoms with E-state index in [0.717, 1.165) is 46.1 Å². The molecule has 3 aromatic rings. The molecule has 0 spiro atoms. The van der Waals surface area contributed by atoms with E-state index in [4.69, 9.17) is 5.73 Å². The van der Waals surface area contributed by atoms with E-state index in [2.05, 4.69) is 11.1 Å². The maximum atomic E-state index is 12.2. The first-order valence-corrected chi connectivity index (χ1v) is 8.12. The Balaban J connectivity index is 1.84. The van der Waals surface area contributed by atoms with Gasteiger partial charge >= 0.3 is 0 Å². The molecule has 2 N–H and O–H groups in total. The lowest BCUT2D eigenvalue weighted by Crippen LogP contribution is -2.34. The molecule has 124 valence electrons. The van der Waals surface area contributed by atoms with Gasteiger partial charge in [-0.2, -0.15) is 0 Å². The highest BCUT2D eigenvalue weighted by molar-refractivity contribution is 6.06. The van der Waals surface area contributed by atoms with Crippen LogP contribution in [0.3, 0.4) is 0 Å². The second kappa shape index (κ2) is 5.70. The van der Waals surface area contributed by atoms with E-state index in [1.807, 2.05) is 37.4 Å². The molecule has 0 saturated heterocycles. The second-order valence-electron chi connectivity index (χ2n) is 6.30. The number of pyridine rings is 1. The van der Waals surface area contributed by atoms with Crippen molar-refractivity contribution in [1.82, 2.24) is 9.88 Å². The van der Waals surface area contributed by atoms with Crippen molar-refractivity contribution in [3.8, 4) is 11.1 Å². The summed E-state index contributed by atoms with van der Waals surface area (Å²) in [5.74, 6) is -0.407. The van der Waals surface area contributed by atoms with Crippen LogP contribution in [0.5, 0.6) is 0 Å². The Hall–Kier alpha value is -3.21. The summed E-state index contributed by atoms with van der Waals surface area (Å²) in [6.45, 7) is 0.725. The van der Waals surface area contributed by atoms with Crippen molar-refractivity contribution in [2.24, 2.45) is 5.73 Å². The molecule has 0 saturated carbocycles. The Labute approximate surface area is 145 Å². The van der Waals surface area contributed by atoms with Crippen LogP contribution in [0.25, 0.3) is 22.0 Å². The Bertz CT molecular complexity index is 1030. The van der Waals surface area contributed by atoms with Crippen molar-refractivity contribution in [2.45, 2.75) is 6.42 Å². The smallest absolute Gasteiger partial charge is 0.253 e. The molecule has 0 radical (unpaired) electrons. The van der Waals surface area contributed by atoms with Gasteiger partial charge in [-0.15, -0.1) is 0 Å². The fourth-order valence-corrected chi connectivity index (χ4v) is 3.32. The van der Waals surface area contributed by atoms with Crippen molar-refractivity contribution in [3.05, 3.63) is 65.4 Å². The molecule has 25 heavy (non-hydrogen) atoms. The van der Waals surface area contributed by atoms with Gasteiger partial charge in [0, 0.05) is 30.7 Å². The number of nitrogens with two attached hydrogens (primary N) is 1. The largest absolute Gasteiger partial charge is 0.366 e. The fraction of sp³-hybridized carbons (Fsp3) is 0.150. The Morgan fingerprint density at radius 1 is 1.12 bits per heavy atom. The van der Waals surface area contributed by atoms with Crippen LogP contribution in [0, 0.1) is 0 Å². The molecular formula is C20H17N3O2. The predicted molar refractivity (Wildman–Crippen MR) is 96.4 cm³/mol. The number of benzene rings is 2. The lowest BCUT2D eigenvalue weighted by Gasteiger charge is -2.25. The lowest BCUT2D eigenvalue weighted by molar-refractivity contribution is 0.0780. The van der Waals surface area contributed by atoms with Gasteiger partial charge in [-0.1, -0.05) is 18.2 Å². The van der Waals surface area contributed by atoms with Crippen LogP contribution in [-0.4, -0.2) is 35.3 Å². The van der Waals surface area contributed by atoms with Crippen LogP contribution >= 0.6 is 0 Å². The first kappa shape index (κ1) is 15.3. The zero-order valence-electron chi connectivity index (χ0n) is 13.8. The Morgan fingerprint density at radius 2 is 1.88 bits per heavy atom. The summed E-state index contributed by atoms with van der Waals surface area (Å²) in [5, 5.41) is 0.737. The van der Waals surface area contributed by atoms with Crippen LogP contribution in [-0.2, 0) is 6.42 Å². The highest BCUT2D eigenvalue weighted by Gasteiger charge is 2.21. The summed E-state index contributed by atoms with van der Waals surface area (Å²) in [6.07, 6.45) is 2.43. The molecule has 0 fully saturated rings. The van der Waals surface area contributed by atoms with Crippen molar-refractivity contribution < 1.29 is 9.59 Å². The molecular weight excluding hydrogens is 314 g/mol. The first-order chi connectivity index (χ1) is 12.0. The van der Waals surface area contributed by atoms with E-state index in [-0.39, 0.29) is 5.91 Å². The van der Waals surface area contributed by atoms with Gasteiger partial charge in [0.05, 0.1) is 11.1 Å². The number of hydrogen-bond acceptors (Lipinski definition) is 3. The average molecular weight is 331 g/mol. The van der Waals surface area contributed by atoms with E-state index in [1.54, 1.807) is 17.2 Å². The normalized spacial score (nSPS) is 13.8. The van der Waals surface area contributed by atoms with E-state index < -0.39 is 5.91 Å². The monoisotopic (exact) mass is 331 g/mol. The number of amides is 2. The van der Waals surface area contributed by atoms with Gasteiger partial charge in [0.1, 0.15) is 0 Å². The third-order valence-electron chi connectivity index (χ3n) is 4.74. The summed E-state index contributed by atoms with van der Waals surface area (Å²) in [6, 6.07) is 13.3. The number of carbonyl (C=O) groups is 2. The molecule has 1 aromatic heterocycles. The number of aromatic nitrogens is 1. The topological polar surface area (TPSA) is 76.3 Å². The summed E-state index contributed by atoms with van der Waals surface area (Å²) in [7, 11) is 1.82. The molecule has 2 aromatic carbocycles. The van der Waals surface area contributed by atoms with Crippen LogP contribution in [0.2, 0.25) is 0 Å². The maximum Gasteiger partial charge on any atom is 0.253 e. The number of hydrogen-bond donors (Lipinski definition) is 1. The average Bonchev–Trinajstić information content (AvgIpc) is 2.63. The fourth-order valence-electron chi connectivity index (χ4n) is 3.32. The van der Waals surface area contributed by atoms with E-state index in [0.29, 0.717) is 5.56 Å². The standard InChI is InChI=1S/C20H17N3O2/c1-23-9-7-14-10-12(2-4-15(14)20(23)25)13-3-5-18-17(11-13)16(19(21)24)6-8-22-18/h2-6,8,10-11H,7,9H2,1H3,(H2,21,24). The van der Waals surface area contributed by atoms with Crippen molar-refractivity contribution in [2.75, 3.05) is 13.6 Å². The number of nitrogens with zero attached hydrogens (tertiary/aromatic N) is 2. The molecule has 1 aliphatic heterocycles. The maximum absolute atomic E-state index is 12.2. The van der Waals surface area contributed by atoms with Crippen molar-refractivity contribution >= 4 is 22.7 Å². The van der Waals surface area contributed by atoms with Gasteiger partial charge in [0.2, 0.25) is 5.91 Å². The van der Waals surface area contributed by atoms with Crippen molar-refractivity contribution in [1.29, 1.82) is 0 Å². The van der Waals surface area contributed by atoms with Crippen molar-refractivity contribution in [3.63, 3.8) is 0 Å². The number of fused-ring (bicyclic) bond motifs is 2. The van der Waals surface area contributed by atoms with Crippen LogP contribution in [0.1, 0.15) is 26.3 Å². The Kier molecular flexibility index (Phi) is 3.50. The summed E-state index contributed by atoms with van der Waals surface area (Å²) >= 11 is 0. The van der Waals surface area contributed by atoms with Gasteiger partial charge in [-0.05, 0) is 47.4 Å². The third-order valence-corrected chi connectivity index (χ3v) is 4.74. The van der Waals surface area contributed by atoms with Gasteiger partial charge in [0.15, 0.2) is 0 Å². The quantitative estimate of drug-likeness (QED) is 0.784. The third kappa shape index (κ3) is 2.54. The molecule has 5 nitrogen and oxygen atoms in total. The molecule has 0 aliphatic carbocycles. The molecule has 2 heterocycles. The number of likely N-dealkylation sites (N-methyl/N-ethyl adjacent to an activating group) is 1. The number of carbonyl (C=O) groups excluding carboxylic acids is 2. The van der Waals surface area contributed by atoms with Gasteiger partial charge in [-0.3, -0.25) is 14.6 Å². The van der Waals surface area contributed by atoms with E-state index >= 15 is 0 Å². The molecule has 0 bridgehead atoms. The van der Waals surface area contributed by atoms with Crippen LogP contribution in [0.4, 0.5) is 0 Å². The minimum Gasteiger partial charge on any atom is -0.366 e. The zero-order chi connectivity index (χ0) is 17.6. The van der Waals surface area contributed by atoms with Gasteiger partial charge in [0.25, 0.3) is 5.91 Å². The molecule has 2 amide bonds. The number of rotatable bonds is 2. The molecule has 4 rings (SSSR count). The Morgan fingerprint density at radius 3 is 2.68 bits per heavy atom. The molecule has 0 atom stereocenters. The minimum absolute atomic E-state index is 0.0616.